The van der Waals surface area contributed by atoms with Crippen LogP contribution in [0.4, 0.5) is 0 Å². The van der Waals surface area contributed by atoms with Crippen LogP contribution in [0.5, 0.6) is 0 Å². The molecule has 0 aliphatic carbocycles. The molecule has 1 rings (SSSR count). The highest BCUT2D eigenvalue weighted by Crippen LogP contribution is 2.05. The Morgan fingerprint density at radius 2 is 2.00 bits per heavy atom. The van der Waals surface area contributed by atoms with E-state index in [1.807, 2.05) is 37.3 Å². The Morgan fingerprint density at radius 3 is 2.64 bits per heavy atom. The number of rotatable bonds is 6. The summed E-state index contributed by atoms with van der Waals surface area (Å²) in [5.41, 5.74) is 1.13. The molecule has 14 heavy (non-hydrogen) atoms. The van der Waals surface area contributed by atoms with Gasteiger partial charge in [0.05, 0.1) is 6.61 Å². The molecule has 0 heterocycles. The molecule has 1 aromatic carbocycles. The molecule has 2 nitrogen and oxygen atoms in total. The third-order valence-electron chi connectivity index (χ3n) is 1.83. The van der Waals surface area contributed by atoms with Crippen LogP contribution in [0, 0.1) is 0 Å². The second-order valence-corrected chi connectivity index (χ2v) is 4.55. The molecule has 0 aliphatic heterocycles. The molecule has 0 N–H and O–H groups in total. The maximum atomic E-state index is 11.5. The lowest BCUT2D eigenvalue weighted by Crippen LogP contribution is -2.14. The van der Waals surface area contributed by atoms with Crippen LogP contribution in [-0.4, -0.2) is 23.5 Å². The van der Waals surface area contributed by atoms with Gasteiger partial charge in [0.15, 0.2) is 0 Å². The number of hydrogen-bond acceptors (Lipinski definition) is 2. The van der Waals surface area contributed by atoms with E-state index in [2.05, 4.69) is 0 Å². The van der Waals surface area contributed by atoms with Gasteiger partial charge >= 0.3 is 0 Å². The van der Waals surface area contributed by atoms with Crippen LogP contribution >= 0.6 is 0 Å². The quantitative estimate of drug-likeness (QED) is 0.533. The average Bonchev–Trinajstić information content (AvgIpc) is 2.20. The fraction of sp³-hybridized carbons (Fsp3) is 0.455. The van der Waals surface area contributed by atoms with Crippen LogP contribution in [0.2, 0.25) is 0 Å². The first-order valence-corrected chi connectivity index (χ1v) is 6.28. The Balaban J connectivity index is 2.23. The van der Waals surface area contributed by atoms with E-state index in [1.165, 1.54) is 0 Å². The summed E-state index contributed by atoms with van der Waals surface area (Å²) in [6.45, 7) is 3.23. The summed E-state index contributed by atoms with van der Waals surface area (Å²) in [4.78, 5) is 0. The van der Waals surface area contributed by atoms with E-state index in [0.717, 1.165) is 5.56 Å². The van der Waals surface area contributed by atoms with Crippen LogP contribution < -0.4 is 0 Å². The van der Waals surface area contributed by atoms with Crippen molar-refractivity contribution < 1.29 is 9.29 Å². The highest BCUT2D eigenvalue weighted by Gasteiger charge is 2.06. The molecule has 0 bridgehead atoms. The first-order chi connectivity index (χ1) is 6.83. The van der Waals surface area contributed by atoms with Crippen LogP contribution in [0.15, 0.2) is 30.3 Å². The van der Waals surface area contributed by atoms with E-state index in [0.29, 0.717) is 24.7 Å². The molecule has 0 saturated heterocycles. The summed E-state index contributed by atoms with van der Waals surface area (Å²) in [5.74, 6) is 1.26. The van der Waals surface area contributed by atoms with Crippen molar-refractivity contribution in [2.24, 2.45) is 0 Å². The minimum Gasteiger partial charge on any atom is -0.616 e. The zero-order valence-corrected chi connectivity index (χ0v) is 9.26. The van der Waals surface area contributed by atoms with E-state index in [4.69, 9.17) is 4.74 Å². The van der Waals surface area contributed by atoms with Crippen LogP contribution in [0.25, 0.3) is 0 Å². The predicted molar refractivity (Wildman–Crippen MR) is 59.6 cm³/mol. The summed E-state index contributed by atoms with van der Waals surface area (Å²) < 4.78 is 16.7. The minimum atomic E-state index is -0.797. The predicted octanol–water partition coefficient (Wildman–Crippen LogP) is 1.97. The molecular formula is C11H16O2S. The normalized spacial score (nSPS) is 12.7. The molecule has 0 amide bonds. The van der Waals surface area contributed by atoms with Gasteiger partial charge in [-0.15, -0.1) is 0 Å². The van der Waals surface area contributed by atoms with Crippen LogP contribution in [-0.2, 0) is 21.7 Å². The summed E-state index contributed by atoms with van der Waals surface area (Å²) >= 11 is -0.797. The molecule has 78 valence electrons. The molecule has 1 aromatic rings. The lowest BCUT2D eigenvalue weighted by atomic mass is 10.2. The maximum Gasteiger partial charge on any atom is 0.130 e. The zero-order chi connectivity index (χ0) is 10.2. The zero-order valence-electron chi connectivity index (χ0n) is 8.44. The van der Waals surface area contributed by atoms with E-state index < -0.39 is 11.2 Å². The van der Waals surface area contributed by atoms with Gasteiger partial charge in [0.2, 0.25) is 0 Å². The van der Waals surface area contributed by atoms with Gasteiger partial charge in [-0.3, -0.25) is 0 Å². The smallest absolute Gasteiger partial charge is 0.130 e. The molecule has 0 saturated carbocycles. The molecule has 0 spiro atoms. The van der Waals surface area contributed by atoms with Gasteiger partial charge in [-0.25, -0.2) is 0 Å². The second-order valence-electron chi connectivity index (χ2n) is 2.97. The Hall–Kier alpha value is -0.510. The SMILES string of the molecule is CCOCC[S+]([O-])Cc1ccccc1. The first-order valence-electron chi connectivity index (χ1n) is 4.79. The van der Waals surface area contributed by atoms with E-state index in [1.54, 1.807) is 0 Å². The van der Waals surface area contributed by atoms with E-state index in [-0.39, 0.29) is 0 Å². The molecule has 3 heteroatoms. The van der Waals surface area contributed by atoms with Crippen molar-refractivity contribution in [3.8, 4) is 0 Å². The van der Waals surface area contributed by atoms with Crippen molar-refractivity contribution in [3.05, 3.63) is 35.9 Å². The van der Waals surface area contributed by atoms with Crippen molar-refractivity contribution in [2.75, 3.05) is 19.0 Å². The van der Waals surface area contributed by atoms with Crippen molar-refractivity contribution in [3.63, 3.8) is 0 Å². The highest BCUT2D eigenvalue weighted by atomic mass is 32.2. The van der Waals surface area contributed by atoms with Crippen molar-refractivity contribution in [1.29, 1.82) is 0 Å². The minimum absolute atomic E-state index is 0.593. The highest BCUT2D eigenvalue weighted by molar-refractivity contribution is 7.90. The van der Waals surface area contributed by atoms with E-state index in [9.17, 15) is 4.55 Å². The second kappa shape index (κ2) is 6.87. The Morgan fingerprint density at radius 1 is 1.29 bits per heavy atom. The van der Waals surface area contributed by atoms with Gasteiger partial charge in [-0.05, 0) is 18.1 Å². The fourth-order valence-corrected chi connectivity index (χ4v) is 2.14. The monoisotopic (exact) mass is 212 g/mol. The molecule has 0 aliphatic rings. The Kier molecular flexibility index (Phi) is 5.68. The summed E-state index contributed by atoms with van der Waals surface area (Å²) in [5, 5.41) is 0. The molecule has 1 unspecified atom stereocenters. The topological polar surface area (TPSA) is 32.3 Å². The molecular weight excluding hydrogens is 196 g/mol. The van der Waals surface area contributed by atoms with Crippen LogP contribution in [0.1, 0.15) is 12.5 Å². The maximum absolute atomic E-state index is 11.5. The van der Waals surface area contributed by atoms with Gasteiger partial charge in [0, 0.05) is 12.2 Å². The van der Waals surface area contributed by atoms with Crippen molar-refractivity contribution in [1.82, 2.24) is 0 Å². The lowest BCUT2D eigenvalue weighted by molar-refractivity contribution is 0.163. The fourth-order valence-electron chi connectivity index (χ4n) is 1.13. The number of ether oxygens (including phenoxy) is 1. The Bertz CT molecular complexity index is 238. The lowest BCUT2D eigenvalue weighted by Gasteiger charge is -2.10. The molecule has 0 fully saturated rings. The van der Waals surface area contributed by atoms with E-state index >= 15 is 0 Å². The van der Waals surface area contributed by atoms with Gasteiger partial charge < -0.3 is 9.29 Å². The largest absolute Gasteiger partial charge is 0.616 e. The van der Waals surface area contributed by atoms with Crippen LogP contribution in [0.3, 0.4) is 0 Å². The van der Waals surface area contributed by atoms with Gasteiger partial charge in [-0.2, -0.15) is 0 Å². The molecule has 0 radical (unpaired) electrons. The standard InChI is InChI=1S/C11H16O2S/c1-2-13-8-9-14(12)10-11-6-4-3-5-7-11/h3-7H,2,8-10H2,1H3. The first kappa shape index (κ1) is 11.6. The van der Waals surface area contributed by atoms with Gasteiger partial charge in [0.25, 0.3) is 0 Å². The van der Waals surface area contributed by atoms with Gasteiger partial charge in [0.1, 0.15) is 11.5 Å². The molecule has 0 aromatic heterocycles. The number of hydrogen-bond donors (Lipinski definition) is 0. The number of benzene rings is 1. The summed E-state index contributed by atoms with van der Waals surface area (Å²) in [6, 6.07) is 9.90. The molecule has 1 atom stereocenters. The third-order valence-corrected chi connectivity index (χ3v) is 3.11. The van der Waals surface area contributed by atoms with Crippen molar-refractivity contribution in [2.45, 2.75) is 12.7 Å². The summed E-state index contributed by atoms with van der Waals surface area (Å²) in [7, 11) is 0. The Labute approximate surface area is 88.5 Å². The summed E-state index contributed by atoms with van der Waals surface area (Å²) in [6.07, 6.45) is 0. The van der Waals surface area contributed by atoms with Gasteiger partial charge in [-0.1, -0.05) is 30.3 Å². The third kappa shape index (κ3) is 4.65. The van der Waals surface area contributed by atoms with Crippen molar-refractivity contribution >= 4 is 11.2 Å². The average molecular weight is 212 g/mol.